The fourth-order valence-electron chi connectivity index (χ4n) is 1.43. The zero-order chi connectivity index (χ0) is 8.39. The van der Waals surface area contributed by atoms with E-state index in [1.165, 1.54) is 10.8 Å². The van der Waals surface area contributed by atoms with Crippen LogP contribution in [0.1, 0.15) is 13.3 Å². The molecule has 0 spiro atoms. The van der Waals surface area contributed by atoms with E-state index in [9.17, 15) is 0 Å². The lowest BCUT2D eigenvalue weighted by Gasteiger charge is -1.90. The Morgan fingerprint density at radius 2 is 2.33 bits per heavy atom. The highest BCUT2D eigenvalue weighted by Gasteiger charge is 1.92. The van der Waals surface area contributed by atoms with Crippen molar-refractivity contribution in [3.63, 3.8) is 0 Å². The van der Waals surface area contributed by atoms with Crippen molar-refractivity contribution in [3.8, 4) is 0 Å². The first-order valence-corrected chi connectivity index (χ1v) is 4.16. The van der Waals surface area contributed by atoms with E-state index in [0.29, 0.717) is 0 Å². The molecule has 0 aliphatic heterocycles. The number of aromatic nitrogens is 1. The largest absolute Gasteiger partial charge is 0.257 e. The summed E-state index contributed by atoms with van der Waals surface area (Å²) >= 11 is 0. The number of hydrogen-bond donors (Lipinski definition) is 0. The molecule has 1 aromatic heterocycles. The zero-order valence-electron chi connectivity index (χ0n) is 7.12. The van der Waals surface area contributed by atoms with Crippen molar-refractivity contribution < 1.29 is 0 Å². The van der Waals surface area contributed by atoms with Crippen molar-refractivity contribution in [2.24, 2.45) is 0 Å². The molecule has 0 N–H and O–H groups in total. The molecule has 0 amide bonds. The first-order chi connectivity index (χ1) is 5.88. The maximum absolute atomic E-state index is 4.31. The fraction of sp³-hybridized carbons (Fsp3) is 0.182. The summed E-state index contributed by atoms with van der Waals surface area (Å²) < 4.78 is 0. The molecule has 0 unspecified atom stereocenters. The van der Waals surface area contributed by atoms with Gasteiger partial charge >= 0.3 is 0 Å². The standard InChI is InChI=1S/C11H11N/c1-9-5-2-3-7-11-10(9)6-4-8-12-11/h2,4-8H,3H2,1H3. The Balaban J connectivity index is 2.89. The molecular weight excluding hydrogens is 146 g/mol. The molecule has 0 radical (unpaired) electrons. The van der Waals surface area contributed by atoms with Crippen molar-refractivity contribution >= 4 is 11.6 Å². The van der Waals surface area contributed by atoms with Crippen LogP contribution in [0, 0.1) is 0 Å². The Kier molecular flexibility index (Phi) is 1.78. The van der Waals surface area contributed by atoms with Gasteiger partial charge in [0.2, 0.25) is 0 Å². The number of fused-ring (bicyclic) bond motifs is 1. The molecule has 1 aliphatic rings. The van der Waals surface area contributed by atoms with E-state index in [1.807, 2.05) is 12.3 Å². The lowest BCUT2D eigenvalue weighted by molar-refractivity contribution is 1.20. The van der Waals surface area contributed by atoms with Crippen molar-refractivity contribution in [3.05, 3.63) is 41.0 Å². The van der Waals surface area contributed by atoms with E-state index < -0.39 is 0 Å². The molecule has 0 saturated carbocycles. The maximum atomic E-state index is 4.31. The topological polar surface area (TPSA) is 12.9 Å². The van der Waals surface area contributed by atoms with Gasteiger partial charge in [0.15, 0.2) is 0 Å². The Labute approximate surface area is 71.8 Å². The van der Waals surface area contributed by atoms with E-state index in [-0.39, 0.29) is 0 Å². The van der Waals surface area contributed by atoms with Crippen LogP contribution in [-0.4, -0.2) is 4.98 Å². The average molecular weight is 157 g/mol. The summed E-state index contributed by atoms with van der Waals surface area (Å²) in [5.74, 6) is 0. The third kappa shape index (κ3) is 1.18. The molecule has 2 rings (SSSR count). The van der Waals surface area contributed by atoms with Crippen LogP contribution < -0.4 is 10.6 Å². The second-order valence-electron chi connectivity index (χ2n) is 2.96. The van der Waals surface area contributed by atoms with Crippen LogP contribution >= 0.6 is 0 Å². The van der Waals surface area contributed by atoms with Crippen molar-refractivity contribution in [2.75, 3.05) is 0 Å². The van der Waals surface area contributed by atoms with Gasteiger partial charge in [0.1, 0.15) is 0 Å². The summed E-state index contributed by atoms with van der Waals surface area (Å²) in [7, 11) is 0. The van der Waals surface area contributed by atoms with Crippen LogP contribution in [-0.2, 0) is 0 Å². The Morgan fingerprint density at radius 1 is 1.42 bits per heavy atom. The van der Waals surface area contributed by atoms with Crippen LogP contribution in [0.4, 0.5) is 0 Å². The van der Waals surface area contributed by atoms with Gasteiger partial charge in [-0.15, -0.1) is 0 Å². The SMILES string of the molecule is CC1=c2cccnc2=CCC=C1. The fourth-order valence-corrected chi connectivity index (χ4v) is 1.43. The smallest absolute Gasteiger partial charge is 0.0667 e. The third-order valence-corrected chi connectivity index (χ3v) is 2.08. The van der Waals surface area contributed by atoms with Crippen molar-refractivity contribution in [1.82, 2.24) is 4.98 Å². The van der Waals surface area contributed by atoms with E-state index >= 15 is 0 Å². The molecule has 0 aromatic carbocycles. The lowest BCUT2D eigenvalue weighted by Crippen LogP contribution is -2.28. The molecule has 1 heterocycles. The summed E-state index contributed by atoms with van der Waals surface area (Å²) in [6, 6.07) is 4.10. The number of hydrogen-bond acceptors (Lipinski definition) is 1. The molecule has 1 aromatic rings. The minimum absolute atomic E-state index is 0.987. The first-order valence-electron chi connectivity index (χ1n) is 4.16. The lowest BCUT2D eigenvalue weighted by atomic mass is 10.2. The molecule has 0 fully saturated rings. The zero-order valence-corrected chi connectivity index (χ0v) is 7.12. The Bertz CT molecular complexity index is 427. The van der Waals surface area contributed by atoms with Gasteiger partial charge in [0.05, 0.1) is 5.35 Å². The molecule has 1 aliphatic carbocycles. The maximum Gasteiger partial charge on any atom is 0.0667 e. The Hall–Kier alpha value is -1.37. The minimum atomic E-state index is 0.987. The normalized spacial score (nSPS) is 14.9. The predicted octanol–water partition coefficient (Wildman–Crippen LogP) is 0.993. The van der Waals surface area contributed by atoms with Crippen molar-refractivity contribution in [2.45, 2.75) is 13.3 Å². The molecule has 0 saturated heterocycles. The monoisotopic (exact) mass is 157 g/mol. The Morgan fingerprint density at radius 3 is 3.25 bits per heavy atom. The summed E-state index contributed by atoms with van der Waals surface area (Å²) in [4.78, 5) is 4.31. The summed E-state index contributed by atoms with van der Waals surface area (Å²) in [5.41, 5.74) is 1.30. The molecule has 12 heavy (non-hydrogen) atoms. The van der Waals surface area contributed by atoms with Crippen LogP contribution in [0.3, 0.4) is 0 Å². The average Bonchev–Trinajstić information content (AvgIpc) is 2.29. The third-order valence-electron chi connectivity index (χ3n) is 2.08. The van der Waals surface area contributed by atoms with Gasteiger partial charge in [-0.1, -0.05) is 24.3 Å². The molecule has 1 nitrogen and oxygen atoms in total. The van der Waals surface area contributed by atoms with Gasteiger partial charge in [-0.05, 0) is 25.0 Å². The molecule has 1 heteroatoms. The van der Waals surface area contributed by atoms with Crippen LogP contribution in [0.5, 0.6) is 0 Å². The van der Waals surface area contributed by atoms with Crippen LogP contribution in [0.25, 0.3) is 11.6 Å². The predicted molar refractivity (Wildman–Crippen MR) is 50.8 cm³/mol. The number of rotatable bonds is 0. The van der Waals surface area contributed by atoms with Gasteiger partial charge in [-0.25, -0.2) is 0 Å². The summed E-state index contributed by atoms with van der Waals surface area (Å²) in [6.45, 7) is 2.12. The van der Waals surface area contributed by atoms with Crippen LogP contribution in [0.15, 0.2) is 30.5 Å². The van der Waals surface area contributed by atoms with E-state index in [1.54, 1.807) is 0 Å². The van der Waals surface area contributed by atoms with Crippen molar-refractivity contribution in [1.29, 1.82) is 0 Å². The molecule has 60 valence electrons. The first kappa shape index (κ1) is 7.29. The number of allylic oxidation sites excluding steroid dienone is 2. The van der Waals surface area contributed by atoms with E-state index in [0.717, 1.165) is 11.8 Å². The minimum Gasteiger partial charge on any atom is -0.257 e. The highest BCUT2D eigenvalue weighted by atomic mass is 14.6. The molecule has 0 bridgehead atoms. The quantitative estimate of drug-likeness (QED) is 0.547. The summed E-state index contributed by atoms with van der Waals surface area (Å²) in [5, 5.41) is 2.37. The second-order valence-corrected chi connectivity index (χ2v) is 2.96. The molecule has 0 atom stereocenters. The number of pyridine rings is 1. The van der Waals surface area contributed by atoms with E-state index in [2.05, 4.69) is 36.2 Å². The van der Waals surface area contributed by atoms with Crippen LogP contribution in [0.2, 0.25) is 0 Å². The van der Waals surface area contributed by atoms with Gasteiger partial charge in [-0.2, -0.15) is 0 Å². The van der Waals surface area contributed by atoms with Gasteiger partial charge in [-0.3, -0.25) is 4.98 Å². The van der Waals surface area contributed by atoms with Gasteiger partial charge in [0, 0.05) is 11.4 Å². The highest BCUT2D eigenvalue weighted by molar-refractivity contribution is 5.56. The number of nitrogens with zero attached hydrogens (tertiary/aromatic N) is 1. The highest BCUT2D eigenvalue weighted by Crippen LogP contribution is 1.96. The van der Waals surface area contributed by atoms with Gasteiger partial charge in [0.25, 0.3) is 0 Å². The second kappa shape index (κ2) is 2.94. The van der Waals surface area contributed by atoms with Gasteiger partial charge < -0.3 is 0 Å². The van der Waals surface area contributed by atoms with E-state index in [4.69, 9.17) is 0 Å². The summed E-state index contributed by atoms with van der Waals surface area (Å²) in [6.07, 6.45) is 9.30. The molecular formula is C11H11N.